The molecule has 5 heterocycles. The molecule has 164 valence electrons. The minimum atomic E-state index is -0.776. The van der Waals surface area contributed by atoms with Crippen molar-refractivity contribution in [2.75, 3.05) is 26.2 Å². The Morgan fingerprint density at radius 1 is 1.16 bits per heavy atom. The molecule has 3 atom stereocenters. The van der Waals surface area contributed by atoms with E-state index in [2.05, 4.69) is 11.1 Å². The predicted octanol–water partition coefficient (Wildman–Crippen LogP) is 2.37. The van der Waals surface area contributed by atoms with Crippen LogP contribution in [0.2, 0.25) is 0 Å². The first-order valence-electron chi connectivity index (χ1n) is 11.3. The van der Waals surface area contributed by atoms with E-state index >= 15 is 0 Å². The Balaban J connectivity index is 1.27. The number of piperidine rings is 1. The lowest BCUT2D eigenvalue weighted by molar-refractivity contribution is -0.133. The zero-order valence-electron chi connectivity index (χ0n) is 17.8. The van der Waals surface area contributed by atoms with Crippen LogP contribution >= 0.6 is 0 Å². The van der Waals surface area contributed by atoms with Gasteiger partial charge in [-0.15, -0.1) is 0 Å². The number of carbonyl (C=O) groups excluding carboxylic acids is 1. The molecule has 0 spiro atoms. The van der Waals surface area contributed by atoms with Gasteiger partial charge in [0.25, 0.3) is 5.56 Å². The fraction of sp³-hybridized carbons (Fsp3) is 0.542. The third-order valence-corrected chi connectivity index (χ3v) is 6.99. The minimum Gasteiger partial charge on any atom is -0.342 e. The van der Waals surface area contributed by atoms with Gasteiger partial charge in [-0.3, -0.25) is 19.5 Å². The molecule has 3 aliphatic rings. The molecule has 2 fully saturated rings. The first-order chi connectivity index (χ1) is 15.1. The Bertz CT molecular complexity index is 1010. The summed E-state index contributed by atoms with van der Waals surface area (Å²) in [5.41, 5.74) is 2.93. The fourth-order valence-electron chi connectivity index (χ4n) is 5.44. The van der Waals surface area contributed by atoms with Crippen LogP contribution in [-0.4, -0.2) is 57.6 Å². The van der Waals surface area contributed by atoms with Crippen LogP contribution in [0, 0.1) is 5.92 Å². The summed E-state index contributed by atoms with van der Waals surface area (Å²) in [7, 11) is 0. The van der Waals surface area contributed by atoms with Crippen LogP contribution in [0.15, 0.2) is 41.5 Å². The number of halogens is 1. The van der Waals surface area contributed by atoms with Crippen molar-refractivity contribution in [1.82, 2.24) is 19.4 Å². The van der Waals surface area contributed by atoms with Crippen LogP contribution in [0.25, 0.3) is 0 Å². The summed E-state index contributed by atoms with van der Waals surface area (Å²) in [6.45, 7) is 3.71. The molecular weight excluding hydrogens is 395 g/mol. The van der Waals surface area contributed by atoms with Crippen molar-refractivity contribution in [3.63, 3.8) is 0 Å². The molecule has 2 saturated heterocycles. The standard InChI is InChI=1S/C24H29FN4O2/c25-21-7-9-27(16-21)14-19-4-5-22-20-10-18(13-29(22)24(19)31)12-28(15-20)23(30)6-3-17-2-1-8-26-11-17/h1-2,4-5,8,11,18,20-21H,3,6-7,9-10,12-16H2/t18-,20+,21-/m0/s1. The van der Waals surface area contributed by atoms with Crippen LogP contribution in [0.4, 0.5) is 4.39 Å². The van der Waals surface area contributed by atoms with Crippen LogP contribution in [0.1, 0.15) is 42.0 Å². The molecule has 0 saturated carbocycles. The summed E-state index contributed by atoms with van der Waals surface area (Å²) in [5.74, 6) is 0.697. The zero-order valence-corrected chi connectivity index (χ0v) is 17.8. The summed E-state index contributed by atoms with van der Waals surface area (Å²) >= 11 is 0. The highest BCUT2D eigenvalue weighted by molar-refractivity contribution is 5.76. The Morgan fingerprint density at radius 2 is 2.06 bits per heavy atom. The van der Waals surface area contributed by atoms with E-state index < -0.39 is 6.17 Å². The van der Waals surface area contributed by atoms with E-state index in [0.717, 1.165) is 23.2 Å². The molecule has 0 radical (unpaired) electrons. The van der Waals surface area contributed by atoms with E-state index in [1.54, 1.807) is 6.20 Å². The monoisotopic (exact) mass is 424 g/mol. The molecule has 0 aromatic carbocycles. The van der Waals surface area contributed by atoms with Crippen LogP contribution in [-0.2, 0) is 24.3 Å². The van der Waals surface area contributed by atoms with Gasteiger partial charge in [0.05, 0.1) is 0 Å². The number of hydrogen-bond donors (Lipinski definition) is 0. The molecule has 2 aromatic rings. The highest BCUT2D eigenvalue weighted by atomic mass is 19.1. The average molecular weight is 425 g/mol. The fourth-order valence-corrected chi connectivity index (χ4v) is 5.44. The molecule has 3 aliphatic heterocycles. The van der Waals surface area contributed by atoms with Crippen molar-refractivity contribution in [3.8, 4) is 0 Å². The van der Waals surface area contributed by atoms with Crippen molar-refractivity contribution >= 4 is 5.91 Å². The molecule has 31 heavy (non-hydrogen) atoms. The average Bonchev–Trinajstić information content (AvgIpc) is 3.19. The highest BCUT2D eigenvalue weighted by Crippen LogP contribution is 2.35. The molecule has 0 unspecified atom stereocenters. The second-order valence-corrected chi connectivity index (χ2v) is 9.28. The molecular formula is C24H29FN4O2. The summed E-state index contributed by atoms with van der Waals surface area (Å²) in [5, 5.41) is 0. The van der Waals surface area contributed by atoms with Crippen molar-refractivity contribution < 1.29 is 9.18 Å². The molecule has 0 aliphatic carbocycles. The Hall–Kier alpha value is -2.54. The lowest BCUT2D eigenvalue weighted by Gasteiger charge is -2.43. The topological polar surface area (TPSA) is 58.4 Å². The number of aryl methyl sites for hydroxylation is 1. The number of alkyl halides is 1. The van der Waals surface area contributed by atoms with E-state index in [4.69, 9.17) is 0 Å². The highest BCUT2D eigenvalue weighted by Gasteiger charge is 2.36. The molecule has 0 N–H and O–H groups in total. The number of likely N-dealkylation sites (tertiary alicyclic amines) is 2. The summed E-state index contributed by atoms with van der Waals surface area (Å²) in [4.78, 5) is 34.1. The number of carbonyl (C=O) groups is 1. The molecule has 7 heteroatoms. The van der Waals surface area contributed by atoms with Gasteiger partial charge in [0.1, 0.15) is 6.17 Å². The number of nitrogens with zero attached hydrogens (tertiary/aromatic N) is 4. The van der Waals surface area contributed by atoms with Gasteiger partial charge in [-0.05, 0) is 42.9 Å². The second-order valence-electron chi connectivity index (χ2n) is 9.28. The molecule has 6 nitrogen and oxygen atoms in total. The maximum absolute atomic E-state index is 13.5. The second kappa shape index (κ2) is 8.54. The van der Waals surface area contributed by atoms with Crippen molar-refractivity contribution in [1.29, 1.82) is 0 Å². The van der Waals surface area contributed by atoms with Gasteiger partial charge >= 0.3 is 0 Å². The predicted molar refractivity (Wildman–Crippen MR) is 115 cm³/mol. The smallest absolute Gasteiger partial charge is 0.255 e. The van der Waals surface area contributed by atoms with Gasteiger partial charge in [-0.1, -0.05) is 12.1 Å². The molecule has 2 aromatic heterocycles. The summed E-state index contributed by atoms with van der Waals surface area (Å²) in [6.07, 6.45) is 5.55. The van der Waals surface area contributed by atoms with Gasteiger partial charge in [0, 0.05) is 75.3 Å². The van der Waals surface area contributed by atoms with E-state index in [1.807, 2.05) is 38.8 Å². The largest absolute Gasteiger partial charge is 0.342 e. The first kappa shape index (κ1) is 20.4. The zero-order chi connectivity index (χ0) is 21.4. The van der Waals surface area contributed by atoms with Gasteiger partial charge in [0.2, 0.25) is 5.91 Å². The molecule has 1 amide bonds. The maximum Gasteiger partial charge on any atom is 0.255 e. The number of rotatable bonds is 5. The Labute approximate surface area is 181 Å². The number of hydrogen-bond acceptors (Lipinski definition) is 4. The Kier molecular flexibility index (Phi) is 5.61. The third kappa shape index (κ3) is 4.28. The van der Waals surface area contributed by atoms with Crippen LogP contribution in [0.5, 0.6) is 0 Å². The van der Waals surface area contributed by atoms with E-state index in [9.17, 15) is 14.0 Å². The number of aromatic nitrogens is 2. The normalized spacial score (nSPS) is 25.5. The minimum absolute atomic E-state index is 0.0610. The SMILES string of the molecule is O=C(CCc1cccnc1)N1C[C@@H]2C[C@H](C1)c1ccc(CN3CC[C@H](F)C3)c(=O)n1C2. The third-order valence-electron chi connectivity index (χ3n) is 6.99. The maximum atomic E-state index is 13.5. The van der Waals surface area contributed by atoms with E-state index in [-0.39, 0.29) is 17.4 Å². The van der Waals surface area contributed by atoms with Gasteiger partial charge < -0.3 is 9.47 Å². The van der Waals surface area contributed by atoms with Gasteiger partial charge in [-0.25, -0.2) is 4.39 Å². The molecule has 2 bridgehead atoms. The molecule has 5 rings (SSSR count). The van der Waals surface area contributed by atoms with E-state index in [0.29, 0.717) is 64.4 Å². The lowest BCUT2D eigenvalue weighted by atomic mass is 9.82. The quantitative estimate of drug-likeness (QED) is 0.740. The number of fused-ring (bicyclic) bond motifs is 4. The van der Waals surface area contributed by atoms with Crippen molar-refractivity contribution in [2.24, 2.45) is 5.92 Å². The number of amides is 1. The van der Waals surface area contributed by atoms with Crippen molar-refractivity contribution in [2.45, 2.75) is 50.9 Å². The van der Waals surface area contributed by atoms with Gasteiger partial charge in [0.15, 0.2) is 0 Å². The van der Waals surface area contributed by atoms with Crippen LogP contribution in [0.3, 0.4) is 0 Å². The lowest BCUT2D eigenvalue weighted by Crippen LogP contribution is -2.49. The Morgan fingerprint density at radius 3 is 2.84 bits per heavy atom. The summed E-state index contributed by atoms with van der Waals surface area (Å²) < 4.78 is 15.4. The van der Waals surface area contributed by atoms with E-state index in [1.165, 1.54) is 0 Å². The van der Waals surface area contributed by atoms with Crippen LogP contribution < -0.4 is 5.56 Å². The van der Waals surface area contributed by atoms with Crippen molar-refractivity contribution in [3.05, 3.63) is 63.8 Å². The summed E-state index contributed by atoms with van der Waals surface area (Å²) in [6, 6.07) is 7.88. The number of pyridine rings is 2. The first-order valence-corrected chi connectivity index (χ1v) is 11.3. The van der Waals surface area contributed by atoms with Gasteiger partial charge in [-0.2, -0.15) is 0 Å².